The van der Waals surface area contributed by atoms with Crippen molar-refractivity contribution in [3.05, 3.63) is 84.0 Å². The van der Waals surface area contributed by atoms with Gasteiger partial charge < -0.3 is 16.0 Å². The molecule has 1 amide bonds. The summed E-state index contributed by atoms with van der Waals surface area (Å²) in [6.07, 6.45) is 6.24. The Hall–Kier alpha value is -4.05. The smallest absolute Gasteiger partial charge is 0.247 e. The van der Waals surface area contributed by atoms with Gasteiger partial charge in [-0.1, -0.05) is 34.6 Å². The van der Waals surface area contributed by atoms with Gasteiger partial charge in [0.05, 0.1) is 11.9 Å². The van der Waals surface area contributed by atoms with Crippen LogP contribution in [0.1, 0.15) is 0 Å². The van der Waals surface area contributed by atoms with Gasteiger partial charge in [0.2, 0.25) is 11.9 Å². The van der Waals surface area contributed by atoms with Crippen LogP contribution in [0.4, 0.5) is 33.2 Å². The number of aryl methyl sites for hydroxylation is 1. The fourth-order valence-corrected chi connectivity index (χ4v) is 3.32. The Morgan fingerprint density at radius 1 is 1.09 bits per heavy atom. The quantitative estimate of drug-likeness (QED) is 0.290. The Kier molecular flexibility index (Phi) is 6.45. The first kappa shape index (κ1) is 22.2. The highest BCUT2D eigenvalue weighted by Gasteiger charge is 2.12. The highest BCUT2D eigenvalue weighted by molar-refractivity contribution is 9.10. The summed E-state index contributed by atoms with van der Waals surface area (Å²) in [7, 11) is 1.81. The average Bonchev–Trinajstić information content (AvgIpc) is 3.18. The highest BCUT2D eigenvalue weighted by Crippen LogP contribution is 2.31. The molecule has 166 valence electrons. The maximum Gasteiger partial charge on any atom is 0.247 e. The normalized spacial score (nSPS) is 10.5. The van der Waals surface area contributed by atoms with Gasteiger partial charge in [-0.3, -0.25) is 9.48 Å². The van der Waals surface area contributed by atoms with E-state index in [1.807, 2.05) is 31.3 Å². The van der Waals surface area contributed by atoms with Crippen molar-refractivity contribution in [2.24, 2.45) is 7.05 Å². The second kappa shape index (κ2) is 9.61. The molecule has 8 nitrogen and oxygen atoms in total. The lowest BCUT2D eigenvalue weighted by Gasteiger charge is -2.14. The molecule has 0 saturated carbocycles. The van der Waals surface area contributed by atoms with E-state index in [1.54, 1.807) is 29.3 Å². The number of hydrogen-bond acceptors (Lipinski definition) is 6. The van der Waals surface area contributed by atoms with Crippen molar-refractivity contribution >= 4 is 50.7 Å². The molecule has 0 aliphatic rings. The molecule has 0 aliphatic heterocycles. The van der Waals surface area contributed by atoms with Gasteiger partial charge in [-0.05, 0) is 42.0 Å². The Morgan fingerprint density at radius 2 is 1.85 bits per heavy atom. The Balaban J connectivity index is 1.72. The number of carbonyl (C=O) groups is 1. The molecule has 0 spiro atoms. The summed E-state index contributed by atoms with van der Waals surface area (Å²) in [6.45, 7) is 3.41. The van der Waals surface area contributed by atoms with E-state index in [1.165, 1.54) is 12.1 Å². The summed E-state index contributed by atoms with van der Waals surface area (Å²) < 4.78 is 16.8. The third kappa shape index (κ3) is 5.60. The van der Waals surface area contributed by atoms with Gasteiger partial charge in [0.1, 0.15) is 11.6 Å². The van der Waals surface area contributed by atoms with E-state index in [0.717, 1.165) is 21.8 Å². The van der Waals surface area contributed by atoms with Crippen LogP contribution in [0.15, 0.2) is 78.2 Å². The lowest BCUT2D eigenvalue weighted by Crippen LogP contribution is -2.08. The van der Waals surface area contributed by atoms with Crippen LogP contribution >= 0.6 is 15.9 Å². The molecule has 0 aliphatic carbocycles. The van der Waals surface area contributed by atoms with E-state index < -0.39 is 11.7 Å². The summed E-state index contributed by atoms with van der Waals surface area (Å²) in [5.74, 6) is -0.173. The van der Waals surface area contributed by atoms with Gasteiger partial charge in [0.25, 0.3) is 0 Å². The fraction of sp³-hybridized carbons (Fsp3) is 0.0435. The third-order valence-corrected chi connectivity index (χ3v) is 5.05. The van der Waals surface area contributed by atoms with Crippen molar-refractivity contribution in [3.8, 4) is 11.1 Å². The zero-order valence-electron chi connectivity index (χ0n) is 17.5. The summed E-state index contributed by atoms with van der Waals surface area (Å²) in [6, 6.07) is 11.8. The van der Waals surface area contributed by atoms with Crippen LogP contribution in [0.25, 0.3) is 11.1 Å². The average molecular weight is 508 g/mol. The minimum Gasteiger partial charge on any atom is -0.339 e. The van der Waals surface area contributed by atoms with Crippen LogP contribution in [0, 0.1) is 5.82 Å². The molecule has 4 aromatic rings. The lowest BCUT2D eigenvalue weighted by molar-refractivity contribution is -0.111. The SMILES string of the molecule is C=CC(=O)Nc1cc(F)cc(Nc2nc(Nc3cnn(C)c3)ncc2-c2ccc(Br)cc2)c1. The molecular weight excluding hydrogens is 489 g/mol. The van der Waals surface area contributed by atoms with Crippen LogP contribution in [0.2, 0.25) is 0 Å². The van der Waals surface area contributed by atoms with Gasteiger partial charge >= 0.3 is 0 Å². The van der Waals surface area contributed by atoms with Gasteiger partial charge in [0.15, 0.2) is 0 Å². The first-order valence-corrected chi connectivity index (χ1v) is 10.6. The van der Waals surface area contributed by atoms with Gasteiger partial charge in [-0.15, -0.1) is 0 Å². The van der Waals surface area contributed by atoms with Crippen molar-refractivity contribution in [3.63, 3.8) is 0 Å². The Bertz CT molecular complexity index is 1320. The number of hydrogen-bond donors (Lipinski definition) is 3. The second-order valence-corrected chi connectivity index (χ2v) is 7.95. The Labute approximate surface area is 197 Å². The number of nitrogens with one attached hydrogen (secondary N) is 3. The van der Waals surface area contributed by atoms with E-state index in [9.17, 15) is 9.18 Å². The molecule has 2 aromatic heterocycles. The number of anilines is 5. The van der Waals surface area contributed by atoms with E-state index in [4.69, 9.17) is 0 Å². The number of aromatic nitrogens is 4. The molecule has 2 heterocycles. The molecule has 3 N–H and O–H groups in total. The van der Waals surface area contributed by atoms with E-state index >= 15 is 0 Å². The molecule has 0 unspecified atom stereocenters. The predicted octanol–water partition coefficient (Wildman–Crippen LogP) is 5.39. The van der Waals surface area contributed by atoms with Crippen LogP contribution in [-0.4, -0.2) is 25.7 Å². The molecule has 4 rings (SSSR count). The third-order valence-electron chi connectivity index (χ3n) is 4.52. The summed E-state index contributed by atoms with van der Waals surface area (Å²) in [5.41, 5.74) is 2.99. The molecule has 0 bridgehead atoms. The number of carbonyl (C=O) groups excluding carboxylic acids is 1. The molecule has 2 aromatic carbocycles. The maximum atomic E-state index is 14.2. The molecule has 0 saturated heterocycles. The summed E-state index contributed by atoms with van der Waals surface area (Å²) in [5, 5.41) is 12.9. The van der Waals surface area contributed by atoms with Crippen LogP contribution in [0.5, 0.6) is 0 Å². The first-order valence-electron chi connectivity index (χ1n) is 9.79. The summed E-state index contributed by atoms with van der Waals surface area (Å²) in [4.78, 5) is 20.7. The lowest BCUT2D eigenvalue weighted by atomic mass is 10.1. The molecule has 10 heteroatoms. The van der Waals surface area contributed by atoms with E-state index in [0.29, 0.717) is 23.0 Å². The standard InChI is InChI=1S/C23H19BrFN7O/c1-3-21(33)28-17-8-16(25)9-18(10-17)29-22-20(14-4-6-15(24)7-5-14)12-26-23(31-22)30-19-11-27-32(2)13-19/h3-13H,1H2,2H3,(H,28,33)(H2,26,29,30,31). The van der Waals surface area contributed by atoms with Crippen LogP contribution in [-0.2, 0) is 11.8 Å². The predicted molar refractivity (Wildman–Crippen MR) is 130 cm³/mol. The monoisotopic (exact) mass is 507 g/mol. The number of benzene rings is 2. The van der Waals surface area contributed by atoms with Crippen molar-refractivity contribution in [1.29, 1.82) is 0 Å². The minimum absolute atomic E-state index is 0.287. The number of halogens is 2. The minimum atomic E-state index is -0.521. The number of nitrogens with zero attached hydrogens (tertiary/aromatic N) is 4. The number of amides is 1. The zero-order chi connectivity index (χ0) is 23.4. The number of rotatable bonds is 7. The first-order chi connectivity index (χ1) is 15.9. The van der Waals surface area contributed by atoms with Crippen molar-refractivity contribution in [1.82, 2.24) is 19.7 Å². The molecule has 0 radical (unpaired) electrons. The topological polar surface area (TPSA) is 96.8 Å². The maximum absolute atomic E-state index is 14.2. The highest BCUT2D eigenvalue weighted by atomic mass is 79.9. The van der Waals surface area contributed by atoms with E-state index in [2.05, 4.69) is 53.5 Å². The van der Waals surface area contributed by atoms with Crippen molar-refractivity contribution in [2.75, 3.05) is 16.0 Å². The van der Waals surface area contributed by atoms with Crippen molar-refractivity contribution in [2.45, 2.75) is 0 Å². The van der Waals surface area contributed by atoms with E-state index in [-0.39, 0.29) is 5.69 Å². The second-order valence-electron chi connectivity index (χ2n) is 7.04. The largest absolute Gasteiger partial charge is 0.339 e. The van der Waals surface area contributed by atoms with Gasteiger partial charge in [-0.2, -0.15) is 10.1 Å². The molecule has 33 heavy (non-hydrogen) atoms. The Morgan fingerprint density at radius 3 is 2.55 bits per heavy atom. The fourth-order valence-electron chi connectivity index (χ4n) is 3.06. The zero-order valence-corrected chi connectivity index (χ0v) is 19.1. The molecular formula is C23H19BrFN7O. The van der Waals surface area contributed by atoms with Gasteiger partial charge in [0, 0.05) is 40.9 Å². The van der Waals surface area contributed by atoms with Gasteiger partial charge in [-0.25, -0.2) is 9.37 Å². The van der Waals surface area contributed by atoms with Crippen molar-refractivity contribution < 1.29 is 9.18 Å². The summed E-state index contributed by atoms with van der Waals surface area (Å²) >= 11 is 3.43. The van der Waals surface area contributed by atoms with Crippen LogP contribution in [0.3, 0.4) is 0 Å². The molecule has 0 fully saturated rings. The molecule has 0 atom stereocenters. The van der Waals surface area contributed by atoms with Crippen LogP contribution < -0.4 is 16.0 Å².